The van der Waals surface area contributed by atoms with Crippen LogP contribution in [0.15, 0.2) is 30.3 Å². The number of hydrogen-bond donors (Lipinski definition) is 1. The summed E-state index contributed by atoms with van der Waals surface area (Å²) in [5.74, 6) is 0.726. The van der Waals surface area contributed by atoms with Crippen molar-refractivity contribution in [3.05, 3.63) is 63.2 Å². The lowest BCUT2D eigenvalue weighted by Crippen LogP contribution is -2.16. The monoisotopic (exact) mass is 289 g/mol. The Morgan fingerprint density at radius 1 is 1.05 bits per heavy atom. The number of rotatable bonds is 3. The standard InChI is InChI=1S/C17H20ClNO/c1-10-7-11(2)16(12(3)8-10)17(19)14-6-5-13(18)9-15(14)20-4/h5-9,17H,19H2,1-4H3. The lowest BCUT2D eigenvalue weighted by atomic mass is 9.90. The van der Waals surface area contributed by atoms with Crippen molar-refractivity contribution in [2.24, 2.45) is 5.73 Å². The van der Waals surface area contributed by atoms with Gasteiger partial charge in [-0.2, -0.15) is 0 Å². The summed E-state index contributed by atoms with van der Waals surface area (Å²) in [6, 6.07) is 9.68. The summed E-state index contributed by atoms with van der Waals surface area (Å²) >= 11 is 6.01. The number of hydrogen-bond acceptors (Lipinski definition) is 2. The fourth-order valence-corrected chi connectivity index (χ4v) is 2.94. The molecule has 0 aliphatic rings. The molecular formula is C17H20ClNO. The van der Waals surface area contributed by atoms with Gasteiger partial charge in [-0.3, -0.25) is 0 Å². The van der Waals surface area contributed by atoms with Gasteiger partial charge in [0.05, 0.1) is 13.2 Å². The maximum atomic E-state index is 6.47. The largest absolute Gasteiger partial charge is 0.496 e. The molecule has 0 saturated carbocycles. The number of benzene rings is 2. The van der Waals surface area contributed by atoms with Crippen LogP contribution >= 0.6 is 11.6 Å². The Balaban J connectivity index is 2.54. The predicted molar refractivity (Wildman–Crippen MR) is 84.7 cm³/mol. The fourth-order valence-electron chi connectivity index (χ4n) is 2.78. The molecule has 0 heterocycles. The highest BCUT2D eigenvalue weighted by Crippen LogP contribution is 2.33. The Labute approximate surface area is 125 Å². The molecule has 1 atom stereocenters. The molecule has 106 valence electrons. The van der Waals surface area contributed by atoms with E-state index in [1.54, 1.807) is 13.2 Å². The highest BCUT2D eigenvalue weighted by molar-refractivity contribution is 6.30. The van der Waals surface area contributed by atoms with Gasteiger partial charge in [-0.1, -0.05) is 35.4 Å². The minimum atomic E-state index is -0.220. The van der Waals surface area contributed by atoms with Crippen molar-refractivity contribution < 1.29 is 4.74 Å². The van der Waals surface area contributed by atoms with E-state index < -0.39 is 0 Å². The molecule has 0 fully saturated rings. The van der Waals surface area contributed by atoms with Crippen molar-refractivity contribution in [1.82, 2.24) is 0 Å². The van der Waals surface area contributed by atoms with Crippen LogP contribution in [-0.4, -0.2) is 7.11 Å². The molecule has 2 N–H and O–H groups in total. The third-order valence-corrected chi connectivity index (χ3v) is 3.81. The Morgan fingerprint density at radius 3 is 2.20 bits per heavy atom. The summed E-state index contributed by atoms with van der Waals surface area (Å²) in [6.45, 7) is 6.29. The molecule has 2 aromatic rings. The van der Waals surface area contributed by atoms with E-state index in [0.717, 1.165) is 16.9 Å². The van der Waals surface area contributed by atoms with Crippen molar-refractivity contribution >= 4 is 11.6 Å². The maximum absolute atomic E-state index is 6.47. The van der Waals surface area contributed by atoms with Gasteiger partial charge in [-0.05, 0) is 49.6 Å². The van der Waals surface area contributed by atoms with Crippen LogP contribution in [0.5, 0.6) is 5.75 Å². The highest BCUT2D eigenvalue weighted by atomic mass is 35.5. The summed E-state index contributed by atoms with van der Waals surface area (Å²) in [6.07, 6.45) is 0. The number of halogens is 1. The van der Waals surface area contributed by atoms with Crippen LogP contribution in [0.2, 0.25) is 5.02 Å². The molecule has 0 bridgehead atoms. The number of methoxy groups -OCH3 is 1. The van der Waals surface area contributed by atoms with Crippen molar-refractivity contribution in [3.8, 4) is 5.75 Å². The van der Waals surface area contributed by atoms with Crippen LogP contribution in [-0.2, 0) is 0 Å². The molecule has 0 aliphatic heterocycles. The van der Waals surface area contributed by atoms with Crippen LogP contribution in [0.3, 0.4) is 0 Å². The topological polar surface area (TPSA) is 35.2 Å². The van der Waals surface area contributed by atoms with Crippen LogP contribution in [0.25, 0.3) is 0 Å². The van der Waals surface area contributed by atoms with Crippen molar-refractivity contribution in [2.45, 2.75) is 26.8 Å². The Morgan fingerprint density at radius 2 is 1.65 bits per heavy atom. The van der Waals surface area contributed by atoms with Crippen molar-refractivity contribution in [1.29, 1.82) is 0 Å². The van der Waals surface area contributed by atoms with E-state index in [0.29, 0.717) is 5.02 Å². The van der Waals surface area contributed by atoms with Gasteiger partial charge in [0.15, 0.2) is 0 Å². The summed E-state index contributed by atoms with van der Waals surface area (Å²) < 4.78 is 5.41. The second-order valence-electron chi connectivity index (χ2n) is 5.18. The third kappa shape index (κ3) is 2.82. The highest BCUT2D eigenvalue weighted by Gasteiger charge is 2.18. The summed E-state index contributed by atoms with van der Waals surface area (Å²) in [4.78, 5) is 0. The zero-order valence-corrected chi connectivity index (χ0v) is 13.1. The van der Waals surface area contributed by atoms with E-state index in [-0.39, 0.29) is 6.04 Å². The van der Waals surface area contributed by atoms with E-state index in [4.69, 9.17) is 22.1 Å². The van der Waals surface area contributed by atoms with Gasteiger partial charge in [-0.15, -0.1) is 0 Å². The van der Waals surface area contributed by atoms with E-state index in [1.807, 2.05) is 12.1 Å². The summed E-state index contributed by atoms with van der Waals surface area (Å²) in [5, 5.41) is 0.648. The predicted octanol–water partition coefficient (Wildman–Crippen LogP) is 4.32. The minimum Gasteiger partial charge on any atom is -0.496 e. The van der Waals surface area contributed by atoms with Gasteiger partial charge in [-0.25, -0.2) is 0 Å². The molecule has 20 heavy (non-hydrogen) atoms. The third-order valence-electron chi connectivity index (χ3n) is 3.58. The summed E-state index contributed by atoms with van der Waals surface area (Å²) in [7, 11) is 1.64. The first kappa shape index (κ1) is 14.9. The number of aryl methyl sites for hydroxylation is 3. The van der Waals surface area contributed by atoms with Gasteiger partial charge in [0.2, 0.25) is 0 Å². The van der Waals surface area contributed by atoms with Gasteiger partial charge in [0.25, 0.3) is 0 Å². The fraction of sp³-hybridized carbons (Fsp3) is 0.294. The minimum absolute atomic E-state index is 0.220. The second-order valence-corrected chi connectivity index (χ2v) is 5.61. The molecule has 2 rings (SSSR count). The number of ether oxygens (including phenoxy) is 1. The van der Waals surface area contributed by atoms with Crippen LogP contribution in [0, 0.1) is 20.8 Å². The first-order valence-electron chi connectivity index (χ1n) is 6.60. The SMILES string of the molecule is COc1cc(Cl)ccc1C(N)c1c(C)cc(C)cc1C. The molecule has 0 radical (unpaired) electrons. The van der Waals surface area contributed by atoms with Crippen LogP contribution in [0.1, 0.15) is 33.9 Å². The van der Waals surface area contributed by atoms with Crippen LogP contribution in [0.4, 0.5) is 0 Å². The van der Waals surface area contributed by atoms with Crippen molar-refractivity contribution in [3.63, 3.8) is 0 Å². The Kier molecular flexibility index (Phi) is 4.36. The van der Waals surface area contributed by atoms with E-state index in [2.05, 4.69) is 32.9 Å². The Bertz CT molecular complexity index is 614. The Hall–Kier alpha value is -1.51. The molecule has 0 saturated heterocycles. The van der Waals surface area contributed by atoms with Gasteiger partial charge < -0.3 is 10.5 Å². The first-order chi connectivity index (χ1) is 9.43. The molecule has 2 aromatic carbocycles. The molecule has 2 nitrogen and oxygen atoms in total. The van der Waals surface area contributed by atoms with Crippen LogP contribution < -0.4 is 10.5 Å². The zero-order valence-electron chi connectivity index (χ0n) is 12.3. The average Bonchev–Trinajstić information content (AvgIpc) is 2.37. The van der Waals surface area contributed by atoms with Gasteiger partial charge >= 0.3 is 0 Å². The smallest absolute Gasteiger partial charge is 0.125 e. The van der Waals surface area contributed by atoms with Gasteiger partial charge in [0, 0.05) is 10.6 Å². The van der Waals surface area contributed by atoms with E-state index >= 15 is 0 Å². The quantitative estimate of drug-likeness (QED) is 0.913. The normalized spacial score (nSPS) is 12.3. The molecule has 0 aromatic heterocycles. The molecular weight excluding hydrogens is 270 g/mol. The molecule has 0 aliphatic carbocycles. The molecule has 3 heteroatoms. The summed E-state index contributed by atoms with van der Waals surface area (Å²) in [5.41, 5.74) is 12.2. The van der Waals surface area contributed by atoms with Crippen molar-refractivity contribution in [2.75, 3.05) is 7.11 Å². The van der Waals surface area contributed by atoms with E-state index in [9.17, 15) is 0 Å². The van der Waals surface area contributed by atoms with Gasteiger partial charge in [0.1, 0.15) is 5.75 Å². The number of nitrogens with two attached hydrogens (primary N) is 1. The zero-order chi connectivity index (χ0) is 14.9. The molecule has 1 unspecified atom stereocenters. The first-order valence-corrected chi connectivity index (χ1v) is 6.98. The average molecular weight is 290 g/mol. The lowest BCUT2D eigenvalue weighted by Gasteiger charge is -2.21. The second kappa shape index (κ2) is 5.86. The molecule has 0 spiro atoms. The maximum Gasteiger partial charge on any atom is 0.125 e. The van der Waals surface area contributed by atoms with E-state index in [1.165, 1.54) is 16.7 Å². The lowest BCUT2D eigenvalue weighted by molar-refractivity contribution is 0.408. The molecule has 0 amide bonds.